The van der Waals surface area contributed by atoms with E-state index in [1.165, 1.54) is 31.7 Å². The Balaban J connectivity index is 1.45. The molecule has 1 aromatic carbocycles. The number of phenolic OH excluding ortho intramolecular Hbond substituents is 1. The maximum absolute atomic E-state index is 12.2. The predicted molar refractivity (Wildman–Crippen MR) is 88.4 cm³/mol. The van der Waals surface area contributed by atoms with Crippen molar-refractivity contribution in [3.05, 3.63) is 41.6 Å². The fourth-order valence-electron chi connectivity index (χ4n) is 5.00. The smallest absolute Gasteiger partial charge is 0.273 e. The highest BCUT2D eigenvalue weighted by atomic mass is 16.3. The molecule has 2 bridgehead atoms. The van der Waals surface area contributed by atoms with E-state index >= 15 is 0 Å². The number of fused-ring (bicyclic) bond motifs is 5. The van der Waals surface area contributed by atoms with Crippen molar-refractivity contribution < 1.29 is 9.90 Å². The molecule has 0 spiro atoms. The highest BCUT2D eigenvalue weighted by Gasteiger charge is 2.48. The lowest BCUT2D eigenvalue weighted by atomic mass is 9.70. The molecular formula is C19H24N2O2. The number of rotatable bonds is 3. The molecule has 1 aromatic rings. The van der Waals surface area contributed by atoms with Crippen molar-refractivity contribution >= 4 is 5.91 Å². The number of para-hydroxylation sites is 1. The van der Waals surface area contributed by atoms with Crippen LogP contribution in [0.4, 0.5) is 0 Å². The number of aromatic hydroxyl groups is 1. The number of phenols is 1. The molecule has 2 fully saturated rings. The lowest BCUT2D eigenvalue weighted by Gasteiger charge is -2.37. The summed E-state index contributed by atoms with van der Waals surface area (Å²) in [6, 6.07) is 6.60. The summed E-state index contributed by atoms with van der Waals surface area (Å²) in [6.07, 6.45) is 7.77. The van der Waals surface area contributed by atoms with Crippen LogP contribution >= 0.6 is 0 Å². The number of benzene rings is 1. The van der Waals surface area contributed by atoms with E-state index in [4.69, 9.17) is 0 Å². The minimum atomic E-state index is -0.300. The van der Waals surface area contributed by atoms with Crippen LogP contribution in [-0.2, 0) is 0 Å². The molecule has 3 N–H and O–H groups in total. The molecule has 0 unspecified atom stereocenters. The summed E-state index contributed by atoms with van der Waals surface area (Å²) in [4.78, 5) is 12.2. The monoisotopic (exact) mass is 312 g/mol. The van der Waals surface area contributed by atoms with Gasteiger partial charge in [0.05, 0.1) is 5.56 Å². The number of amides is 1. The molecule has 0 aromatic heterocycles. The number of allylic oxidation sites excluding steroid dienone is 2. The van der Waals surface area contributed by atoms with Crippen LogP contribution < -0.4 is 10.9 Å². The van der Waals surface area contributed by atoms with Gasteiger partial charge in [-0.25, -0.2) is 0 Å². The van der Waals surface area contributed by atoms with Crippen molar-refractivity contribution in [1.29, 1.82) is 0 Å². The summed E-state index contributed by atoms with van der Waals surface area (Å²) in [5, 5.41) is 9.76. The molecule has 4 rings (SSSR count). The molecule has 0 radical (unpaired) electrons. The zero-order valence-electron chi connectivity index (χ0n) is 13.5. The molecule has 2 saturated carbocycles. The van der Waals surface area contributed by atoms with Crippen LogP contribution in [0.1, 0.15) is 43.0 Å². The van der Waals surface area contributed by atoms with Gasteiger partial charge in [0, 0.05) is 5.70 Å². The first-order valence-electron chi connectivity index (χ1n) is 8.69. The van der Waals surface area contributed by atoms with Gasteiger partial charge >= 0.3 is 0 Å². The predicted octanol–water partition coefficient (Wildman–Crippen LogP) is 3.21. The van der Waals surface area contributed by atoms with Gasteiger partial charge in [0.15, 0.2) is 0 Å². The zero-order chi connectivity index (χ0) is 16.0. The third-order valence-corrected chi connectivity index (χ3v) is 6.16. The van der Waals surface area contributed by atoms with E-state index in [0.717, 1.165) is 23.5 Å². The van der Waals surface area contributed by atoms with Crippen molar-refractivity contribution in [2.24, 2.45) is 29.6 Å². The minimum absolute atomic E-state index is 0.00522. The van der Waals surface area contributed by atoms with Gasteiger partial charge < -0.3 is 10.5 Å². The molecule has 0 aliphatic heterocycles. The van der Waals surface area contributed by atoms with Crippen molar-refractivity contribution in [2.45, 2.75) is 32.6 Å². The van der Waals surface area contributed by atoms with Crippen LogP contribution in [0.25, 0.3) is 0 Å². The van der Waals surface area contributed by atoms with Gasteiger partial charge in [-0.3, -0.25) is 10.2 Å². The average molecular weight is 312 g/mol. The van der Waals surface area contributed by atoms with Crippen LogP contribution in [0.5, 0.6) is 5.75 Å². The first-order valence-corrected chi connectivity index (χ1v) is 8.69. The lowest BCUT2D eigenvalue weighted by molar-refractivity contribution is 0.0931. The second kappa shape index (κ2) is 5.59. The van der Waals surface area contributed by atoms with Gasteiger partial charge in [-0.15, -0.1) is 0 Å². The Labute approximate surface area is 136 Å². The number of hydrazine groups is 1. The minimum Gasteiger partial charge on any atom is -0.507 e. The summed E-state index contributed by atoms with van der Waals surface area (Å²) in [6.45, 7) is 2.23. The lowest BCUT2D eigenvalue weighted by Crippen LogP contribution is -2.41. The number of carbonyl (C=O) groups is 1. The molecule has 4 nitrogen and oxygen atoms in total. The quantitative estimate of drug-likeness (QED) is 0.751. The maximum atomic E-state index is 12.2. The molecule has 1 amide bonds. The zero-order valence-corrected chi connectivity index (χ0v) is 13.5. The molecule has 3 aliphatic carbocycles. The largest absolute Gasteiger partial charge is 0.507 e. The number of hydrogen-bond donors (Lipinski definition) is 3. The SMILES string of the molecule is C[C@@H]1C[C@@H]2[C@H]3CC[C@@H](C3)[C@@H]2C=C1NNC(=O)c1ccccc1O. The standard InChI is InChI=1S/C19H24N2O2/c1-11-8-15-12-6-7-13(9-12)16(15)10-17(11)20-21-19(23)14-4-2-3-5-18(14)22/h2-5,10-13,15-16,20,22H,6-9H2,1H3,(H,21,23)/t11-,12+,13+,15-,16+/m1/s1. The molecule has 4 heteroatoms. The van der Waals surface area contributed by atoms with Gasteiger partial charge in [-0.05, 0) is 67.4 Å². The molecule has 3 aliphatic rings. The summed E-state index contributed by atoms with van der Waals surface area (Å²) >= 11 is 0. The van der Waals surface area contributed by atoms with Crippen LogP contribution in [0.3, 0.4) is 0 Å². The van der Waals surface area contributed by atoms with E-state index in [-0.39, 0.29) is 11.7 Å². The Bertz CT molecular complexity index is 655. The maximum Gasteiger partial charge on any atom is 0.273 e. The number of carbonyl (C=O) groups excluding carboxylic acids is 1. The van der Waals surface area contributed by atoms with Gasteiger partial charge in [0.1, 0.15) is 5.75 Å². The van der Waals surface area contributed by atoms with Gasteiger partial charge in [0.25, 0.3) is 5.91 Å². The normalized spacial score (nSPS) is 34.7. The Hall–Kier alpha value is -1.97. The molecule has 5 atom stereocenters. The van der Waals surface area contributed by atoms with E-state index in [1.807, 2.05) is 0 Å². The summed E-state index contributed by atoms with van der Waals surface area (Å²) in [7, 11) is 0. The highest BCUT2D eigenvalue weighted by molar-refractivity contribution is 5.96. The van der Waals surface area contributed by atoms with E-state index in [1.54, 1.807) is 18.2 Å². The van der Waals surface area contributed by atoms with Crippen LogP contribution in [0.15, 0.2) is 36.0 Å². The Kier molecular flexibility index (Phi) is 3.55. The van der Waals surface area contributed by atoms with Crippen molar-refractivity contribution in [3.8, 4) is 5.75 Å². The molecule has 122 valence electrons. The summed E-state index contributed by atoms with van der Waals surface area (Å²) in [5.74, 6) is 3.47. The first kappa shape index (κ1) is 14.6. The topological polar surface area (TPSA) is 61.4 Å². The Morgan fingerprint density at radius 2 is 1.96 bits per heavy atom. The van der Waals surface area contributed by atoms with E-state index < -0.39 is 0 Å². The fourth-order valence-corrected chi connectivity index (χ4v) is 5.00. The highest BCUT2D eigenvalue weighted by Crippen LogP contribution is 2.57. The number of nitrogens with one attached hydrogen (secondary N) is 2. The third kappa shape index (κ3) is 2.50. The molecule has 0 saturated heterocycles. The summed E-state index contributed by atoms with van der Waals surface area (Å²) < 4.78 is 0. The Morgan fingerprint density at radius 3 is 2.78 bits per heavy atom. The molecule has 23 heavy (non-hydrogen) atoms. The van der Waals surface area contributed by atoms with Gasteiger partial charge in [0.2, 0.25) is 0 Å². The van der Waals surface area contributed by atoms with Crippen LogP contribution in [-0.4, -0.2) is 11.0 Å². The summed E-state index contributed by atoms with van der Waals surface area (Å²) in [5.41, 5.74) is 7.29. The van der Waals surface area contributed by atoms with E-state index in [9.17, 15) is 9.90 Å². The first-order chi connectivity index (χ1) is 11.1. The Morgan fingerprint density at radius 1 is 1.17 bits per heavy atom. The van der Waals surface area contributed by atoms with Gasteiger partial charge in [-0.1, -0.05) is 25.1 Å². The fraction of sp³-hybridized carbons (Fsp3) is 0.526. The van der Waals surface area contributed by atoms with Gasteiger partial charge in [-0.2, -0.15) is 0 Å². The van der Waals surface area contributed by atoms with Crippen molar-refractivity contribution in [2.75, 3.05) is 0 Å². The van der Waals surface area contributed by atoms with Crippen LogP contribution in [0, 0.1) is 29.6 Å². The second-order valence-corrected chi connectivity index (χ2v) is 7.43. The molecular weight excluding hydrogens is 288 g/mol. The molecule has 0 heterocycles. The second-order valence-electron chi connectivity index (χ2n) is 7.43. The van der Waals surface area contributed by atoms with Crippen molar-refractivity contribution in [3.63, 3.8) is 0 Å². The van der Waals surface area contributed by atoms with Crippen molar-refractivity contribution in [1.82, 2.24) is 10.9 Å². The average Bonchev–Trinajstić information content (AvgIpc) is 3.14. The van der Waals surface area contributed by atoms with Crippen LogP contribution in [0.2, 0.25) is 0 Å². The van der Waals surface area contributed by atoms with E-state index in [0.29, 0.717) is 17.4 Å². The van der Waals surface area contributed by atoms with E-state index in [2.05, 4.69) is 23.9 Å². The number of hydrogen-bond acceptors (Lipinski definition) is 3. The third-order valence-electron chi connectivity index (χ3n) is 6.16.